The molecule has 9 nitrogen and oxygen atoms in total. The number of urea groups is 1. The van der Waals surface area contributed by atoms with E-state index in [0.717, 1.165) is 55.5 Å². The van der Waals surface area contributed by atoms with Gasteiger partial charge in [0.2, 0.25) is 10.0 Å². The number of fused-ring (bicyclic) bond motifs is 1. The summed E-state index contributed by atoms with van der Waals surface area (Å²) in [5, 5.41) is 6.39. The normalized spacial score (nSPS) is 19.4. The van der Waals surface area contributed by atoms with Gasteiger partial charge in [-0.2, -0.15) is 4.31 Å². The molecule has 35 heavy (non-hydrogen) atoms. The van der Waals surface area contributed by atoms with Gasteiger partial charge in [0, 0.05) is 42.5 Å². The Labute approximate surface area is 210 Å². The molecule has 5 rings (SSSR count). The van der Waals surface area contributed by atoms with Crippen LogP contribution >= 0.6 is 11.3 Å². The zero-order chi connectivity index (χ0) is 24.4. The van der Waals surface area contributed by atoms with Crippen molar-refractivity contribution in [2.45, 2.75) is 68.8 Å². The molecule has 1 saturated carbocycles. The highest BCUT2D eigenvalue weighted by molar-refractivity contribution is 7.89. The summed E-state index contributed by atoms with van der Waals surface area (Å²) in [6, 6.07) is 6.27. The molecule has 3 heterocycles. The first-order valence-electron chi connectivity index (χ1n) is 12.4. The van der Waals surface area contributed by atoms with Gasteiger partial charge < -0.3 is 10.2 Å². The molecule has 2 aromatic rings. The minimum Gasteiger partial charge on any atom is -0.335 e. The summed E-state index contributed by atoms with van der Waals surface area (Å²) in [7, 11) is -3.52. The van der Waals surface area contributed by atoms with E-state index in [1.165, 1.54) is 27.8 Å². The lowest BCUT2D eigenvalue weighted by molar-refractivity contribution is 0.0736. The number of aromatic nitrogens is 1. The molecule has 0 spiro atoms. The van der Waals surface area contributed by atoms with E-state index in [1.807, 2.05) is 0 Å². The van der Waals surface area contributed by atoms with Gasteiger partial charge in [-0.15, -0.1) is 0 Å². The molecule has 1 aromatic heterocycles. The lowest BCUT2D eigenvalue weighted by Gasteiger charge is -2.27. The number of rotatable bonds is 5. The van der Waals surface area contributed by atoms with Gasteiger partial charge in [-0.05, 0) is 49.9 Å². The fourth-order valence-electron chi connectivity index (χ4n) is 5.02. The second-order valence-electron chi connectivity index (χ2n) is 9.43. The summed E-state index contributed by atoms with van der Waals surface area (Å²) in [4.78, 5) is 32.9. The van der Waals surface area contributed by atoms with Crippen molar-refractivity contribution in [3.63, 3.8) is 0 Å². The third-order valence-corrected chi connectivity index (χ3v) is 9.89. The van der Waals surface area contributed by atoms with Crippen LogP contribution in [0.25, 0.3) is 0 Å². The van der Waals surface area contributed by atoms with Gasteiger partial charge in [0.25, 0.3) is 5.91 Å². The molecule has 2 fully saturated rings. The predicted molar refractivity (Wildman–Crippen MR) is 134 cm³/mol. The minimum absolute atomic E-state index is 0.139. The molecular formula is C24H31N5O4S2. The maximum Gasteiger partial charge on any atom is 0.321 e. The van der Waals surface area contributed by atoms with E-state index >= 15 is 0 Å². The summed E-state index contributed by atoms with van der Waals surface area (Å²) in [6.07, 6.45) is 7.77. The summed E-state index contributed by atoms with van der Waals surface area (Å²) in [6.45, 7) is 2.04. The van der Waals surface area contributed by atoms with E-state index in [9.17, 15) is 18.0 Å². The molecular weight excluding hydrogens is 486 g/mol. The number of carbonyl (C=O) groups is 2. The molecule has 3 aliphatic rings. The van der Waals surface area contributed by atoms with Gasteiger partial charge >= 0.3 is 6.03 Å². The van der Waals surface area contributed by atoms with E-state index < -0.39 is 10.0 Å². The molecule has 0 unspecified atom stereocenters. The average molecular weight is 518 g/mol. The van der Waals surface area contributed by atoms with Gasteiger partial charge in [0.15, 0.2) is 5.13 Å². The first-order chi connectivity index (χ1) is 16.9. The van der Waals surface area contributed by atoms with Crippen LogP contribution in [0.5, 0.6) is 0 Å². The van der Waals surface area contributed by atoms with Crippen LogP contribution in [-0.4, -0.2) is 60.2 Å². The topological polar surface area (TPSA) is 112 Å². The quantitative estimate of drug-likeness (QED) is 0.630. The molecule has 3 amide bonds. The number of hydrogen-bond donors (Lipinski definition) is 2. The molecule has 1 aliphatic carbocycles. The Kier molecular flexibility index (Phi) is 7.08. The van der Waals surface area contributed by atoms with E-state index in [-0.39, 0.29) is 22.9 Å². The van der Waals surface area contributed by atoms with Crippen molar-refractivity contribution < 1.29 is 18.0 Å². The highest BCUT2D eigenvalue weighted by Crippen LogP contribution is 2.29. The second kappa shape index (κ2) is 10.2. The summed E-state index contributed by atoms with van der Waals surface area (Å²) < 4.78 is 27.3. The van der Waals surface area contributed by atoms with Crippen molar-refractivity contribution in [2.24, 2.45) is 0 Å². The van der Waals surface area contributed by atoms with Crippen LogP contribution in [0.1, 0.15) is 65.9 Å². The van der Waals surface area contributed by atoms with Crippen LogP contribution in [0.4, 0.5) is 9.93 Å². The molecule has 1 saturated heterocycles. The minimum atomic E-state index is -3.52. The lowest BCUT2D eigenvalue weighted by Crippen LogP contribution is -2.36. The zero-order valence-corrected chi connectivity index (χ0v) is 21.3. The van der Waals surface area contributed by atoms with E-state index in [2.05, 4.69) is 15.6 Å². The van der Waals surface area contributed by atoms with Gasteiger partial charge in [-0.1, -0.05) is 30.6 Å². The van der Waals surface area contributed by atoms with Crippen LogP contribution in [0.2, 0.25) is 0 Å². The number of hydrogen-bond acceptors (Lipinski definition) is 6. The number of thiazole rings is 1. The largest absolute Gasteiger partial charge is 0.335 e. The zero-order valence-electron chi connectivity index (χ0n) is 19.7. The SMILES string of the molecule is O=C(Nc1nc2c(s1)CN(C(=O)c1ccc(S(=O)(=O)N3CCCCC3)cc1)CC2)NC1CCCC1. The Bertz CT molecular complexity index is 1180. The van der Waals surface area contributed by atoms with Gasteiger partial charge in [-0.25, -0.2) is 18.2 Å². The van der Waals surface area contributed by atoms with Crippen LogP contribution < -0.4 is 10.6 Å². The van der Waals surface area contributed by atoms with Crippen molar-refractivity contribution in [1.82, 2.24) is 19.5 Å². The fraction of sp³-hybridized carbons (Fsp3) is 0.542. The van der Waals surface area contributed by atoms with Crippen molar-refractivity contribution in [3.05, 3.63) is 40.4 Å². The van der Waals surface area contributed by atoms with Crippen molar-refractivity contribution in [1.29, 1.82) is 0 Å². The van der Waals surface area contributed by atoms with Crippen LogP contribution in [0, 0.1) is 0 Å². The molecule has 0 bridgehead atoms. The molecule has 0 atom stereocenters. The van der Waals surface area contributed by atoms with E-state index in [4.69, 9.17) is 0 Å². The number of anilines is 1. The summed E-state index contributed by atoms with van der Waals surface area (Å²) >= 11 is 1.40. The third-order valence-electron chi connectivity index (χ3n) is 6.98. The molecule has 1 aromatic carbocycles. The fourth-order valence-corrected chi connectivity index (χ4v) is 7.55. The number of piperidine rings is 1. The van der Waals surface area contributed by atoms with E-state index in [1.54, 1.807) is 17.0 Å². The van der Waals surface area contributed by atoms with Crippen molar-refractivity contribution in [3.8, 4) is 0 Å². The monoisotopic (exact) mass is 517 g/mol. The number of carbonyl (C=O) groups excluding carboxylic acids is 2. The van der Waals surface area contributed by atoms with Crippen molar-refractivity contribution in [2.75, 3.05) is 25.0 Å². The molecule has 2 N–H and O–H groups in total. The summed E-state index contributed by atoms with van der Waals surface area (Å²) in [5.41, 5.74) is 1.38. The Morgan fingerprint density at radius 1 is 0.971 bits per heavy atom. The average Bonchev–Trinajstić information content (AvgIpc) is 3.53. The highest BCUT2D eigenvalue weighted by Gasteiger charge is 2.28. The smallest absolute Gasteiger partial charge is 0.321 e. The van der Waals surface area contributed by atoms with Crippen LogP contribution in [-0.2, 0) is 23.0 Å². The summed E-state index contributed by atoms with van der Waals surface area (Å²) in [5.74, 6) is -0.139. The number of amides is 3. The van der Waals surface area contributed by atoms with Gasteiger partial charge in [0.05, 0.1) is 17.1 Å². The van der Waals surface area contributed by atoms with Crippen molar-refractivity contribution >= 4 is 38.4 Å². The standard InChI is InChI=1S/C24H31N5O4S2/c30-22(17-8-10-19(11-9-17)35(32,33)29-13-4-1-5-14-29)28-15-12-20-21(16-28)34-24(26-20)27-23(31)25-18-6-2-3-7-18/h8-11,18H,1-7,12-16H2,(H2,25,26,27,31). The molecule has 0 radical (unpaired) electrons. The Morgan fingerprint density at radius 2 is 1.69 bits per heavy atom. The Hall–Kier alpha value is -2.50. The number of sulfonamides is 1. The van der Waals surface area contributed by atoms with Gasteiger partial charge in [0.1, 0.15) is 0 Å². The molecule has 2 aliphatic heterocycles. The Morgan fingerprint density at radius 3 is 2.40 bits per heavy atom. The Balaban J connectivity index is 1.21. The predicted octanol–water partition coefficient (Wildman–Crippen LogP) is 3.58. The lowest BCUT2D eigenvalue weighted by atomic mass is 10.1. The number of nitrogens with zero attached hydrogens (tertiary/aromatic N) is 3. The van der Waals surface area contributed by atoms with Crippen LogP contribution in [0.3, 0.4) is 0 Å². The second-order valence-corrected chi connectivity index (χ2v) is 12.5. The number of benzene rings is 1. The third kappa shape index (κ3) is 5.36. The maximum atomic E-state index is 13.1. The molecule has 11 heteroatoms. The first-order valence-corrected chi connectivity index (χ1v) is 14.6. The number of nitrogens with one attached hydrogen (secondary N) is 2. The van der Waals surface area contributed by atoms with Crippen LogP contribution in [0.15, 0.2) is 29.2 Å². The maximum absolute atomic E-state index is 13.1. The first kappa shape index (κ1) is 24.2. The highest BCUT2D eigenvalue weighted by atomic mass is 32.2. The van der Waals surface area contributed by atoms with E-state index in [0.29, 0.717) is 43.3 Å². The molecule has 188 valence electrons. The van der Waals surface area contributed by atoms with Gasteiger partial charge in [-0.3, -0.25) is 10.1 Å².